The summed E-state index contributed by atoms with van der Waals surface area (Å²) >= 11 is 3.53. The minimum Gasteiger partial charge on any atom is -0.496 e. The zero-order valence-corrected chi connectivity index (χ0v) is 14.4. The number of imidazole rings is 1. The minimum atomic E-state index is 0.189. The molecule has 1 unspecified atom stereocenters. The highest BCUT2D eigenvalue weighted by atomic mass is 79.9. The molecule has 114 valence electrons. The lowest BCUT2D eigenvalue weighted by atomic mass is 10.0. The maximum absolute atomic E-state index is 5.47. The van der Waals surface area contributed by atoms with Crippen LogP contribution in [0.5, 0.6) is 5.75 Å². The maximum Gasteiger partial charge on any atom is 0.122 e. The summed E-state index contributed by atoms with van der Waals surface area (Å²) in [6.07, 6.45) is 5.85. The zero-order valence-electron chi connectivity index (χ0n) is 12.8. The number of aromatic nitrogens is 2. The molecular weight excluding hydrogens is 330 g/mol. The van der Waals surface area contributed by atoms with Gasteiger partial charge in [-0.15, -0.1) is 0 Å². The molecule has 0 amide bonds. The summed E-state index contributed by atoms with van der Waals surface area (Å²) in [6, 6.07) is 6.30. The second-order valence-electron chi connectivity index (χ2n) is 5.13. The monoisotopic (exact) mass is 351 g/mol. The van der Waals surface area contributed by atoms with Crippen LogP contribution in [0.4, 0.5) is 0 Å². The molecule has 1 heterocycles. The summed E-state index contributed by atoms with van der Waals surface area (Å²) in [5.41, 5.74) is 2.24. The second kappa shape index (κ2) is 7.61. The molecule has 1 N–H and O–H groups in total. The molecule has 2 rings (SSSR count). The van der Waals surface area contributed by atoms with Gasteiger partial charge in [-0.1, -0.05) is 22.9 Å². The van der Waals surface area contributed by atoms with Crippen molar-refractivity contribution >= 4 is 15.9 Å². The fourth-order valence-electron chi connectivity index (χ4n) is 2.34. The van der Waals surface area contributed by atoms with Gasteiger partial charge < -0.3 is 14.6 Å². The van der Waals surface area contributed by atoms with Gasteiger partial charge in [-0.25, -0.2) is 4.98 Å². The SMILES string of the molecule is CCCNC(Cc1cc(Br)ccc1OC)c1cn(C)cn1. The van der Waals surface area contributed by atoms with E-state index in [1.807, 2.05) is 30.1 Å². The highest BCUT2D eigenvalue weighted by molar-refractivity contribution is 9.10. The van der Waals surface area contributed by atoms with Gasteiger partial charge >= 0.3 is 0 Å². The summed E-state index contributed by atoms with van der Waals surface area (Å²) in [5, 5.41) is 3.57. The molecule has 0 aliphatic carbocycles. The van der Waals surface area contributed by atoms with Crippen molar-refractivity contribution in [1.29, 1.82) is 0 Å². The Morgan fingerprint density at radius 3 is 2.86 bits per heavy atom. The first-order chi connectivity index (χ1) is 10.1. The van der Waals surface area contributed by atoms with Gasteiger partial charge in [0.25, 0.3) is 0 Å². The first kappa shape index (κ1) is 16.0. The molecule has 1 aromatic heterocycles. The van der Waals surface area contributed by atoms with Crippen LogP contribution in [0.25, 0.3) is 0 Å². The second-order valence-corrected chi connectivity index (χ2v) is 6.05. The smallest absolute Gasteiger partial charge is 0.122 e. The molecule has 0 spiro atoms. The van der Waals surface area contributed by atoms with Crippen molar-refractivity contribution in [2.75, 3.05) is 13.7 Å². The third-order valence-corrected chi connectivity index (χ3v) is 3.88. The van der Waals surface area contributed by atoms with Crippen molar-refractivity contribution in [1.82, 2.24) is 14.9 Å². The van der Waals surface area contributed by atoms with Gasteiger partial charge in [0.15, 0.2) is 0 Å². The van der Waals surface area contributed by atoms with Crippen molar-refractivity contribution in [3.63, 3.8) is 0 Å². The Balaban J connectivity index is 2.24. The summed E-state index contributed by atoms with van der Waals surface area (Å²) < 4.78 is 8.52. The number of aryl methyl sites for hydroxylation is 1. The molecule has 4 nitrogen and oxygen atoms in total. The molecule has 0 saturated heterocycles. The number of nitrogens with zero attached hydrogens (tertiary/aromatic N) is 2. The lowest BCUT2D eigenvalue weighted by Gasteiger charge is -2.18. The molecule has 1 aromatic carbocycles. The van der Waals surface area contributed by atoms with Crippen molar-refractivity contribution in [3.8, 4) is 5.75 Å². The van der Waals surface area contributed by atoms with Gasteiger partial charge in [0, 0.05) is 17.7 Å². The topological polar surface area (TPSA) is 39.1 Å². The van der Waals surface area contributed by atoms with Crippen molar-refractivity contribution < 1.29 is 4.74 Å². The van der Waals surface area contributed by atoms with E-state index in [0.717, 1.165) is 35.3 Å². The standard InChI is InChI=1S/C16H22BrN3O/c1-4-7-18-14(15-10-20(2)11-19-15)9-12-8-13(17)5-6-16(12)21-3/h5-6,8,10-11,14,18H,4,7,9H2,1-3H3. The van der Waals surface area contributed by atoms with Crippen LogP contribution < -0.4 is 10.1 Å². The van der Waals surface area contributed by atoms with E-state index in [0.29, 0.717) is 0 Å². The Morgan fingerprint density at radius 2 is 2.24 bits per heavy atom. The highest BCUT2D eigenvalue weighted by Crippen LogP contribution is 2.27. The van der Waals surface area contributed by atoms with Gasteiger partial charge in [0.2, 0.25) is 0 Å². The molecule has 21 heavy (non-hydrogen) atoms. The minimum absolute atomic E-state index is 0.189. The Hall–Kier alpha value is -1.33. The van der Waals surface area contributed by atoms with Crippen LogP contribution in [0.3, 0.4) is 0 Å². The van der Waals surface area contributed by atoms with Crippen LogP contribution in [-0.2, 0) is 13.5 Å². The fraction of sp³-hybridized carbons (Fsp3) is 0.438. The van der Waals surface area contributed by atoms with Crippen molar-refractivity contribution in [2.24, 2.45) is 7.05 Å². The number of hydrogen-bond acceptors (Lipinski definition) is 3. The molecule has 0 aliphatic rings. The van der Waals surface area contributed by atoms with Gasteiger partial charge in [0.1, 0.15) is 5.75 Å². The number of benzene rings is 1. The first-order valence-corrected chi connectivity index (χ1v) is 7.97. The average molecular weight is 352 g/mol. The van der Waals surface area contributed by atoms with E-state index in [2.05, 4.69) is 45.4 Å². The number of nitrogens with one attached hydrogen (secondary N) is 1. The fourth-order valence-corrected chi connectivity index (χ4v) is 2.75. The molecule has 1 atom stereocenters. The number of ether oxygens (including phenoxy) is 1. The van der Waals surface area contributed by atoms with E-state index in [4.69, 9.17) is 4.74 Å². The summed E-state index contributed by atoms with van der Waals surface area (Å²) in [4.78, 5) is 4.49. The number of rotatable bonds is 7. The van der Waals surface area contributed by atoms with Crippen LogP contribution in [0.15, 0.2) is 35.2 Å². The van der Waals surface area contributed by atoms with E-state index in [1.54, 1.807) is 7.11 Å². The maximum atomic E-state index is 5.47. The van der Waals surface area contributed by atoms with E-state index < -0.39 is 0 Å². The lowest BCUT2D eigenvalue weighted by Crippen LogP contribution is -2.24. The molecule has 0 bridgehead atoms. The van der Waals surface area contributed by atoms with Gasteiger partial charge in [-0.2, -0.15) is 0 Å². The highest BCUT2D eigenvalue weighted by Gasteiger charge is 2.16. The predicted octanol–water partition coefficient (Wildman–Crippen LogP) is 3.47. The van der Waals surface area contributed by atoms with Crippen LogP contribution in [-0.4, -0.2) is 23.2 Å². The van der Waals surface area contributed by atoms with Crippen LogP contribution in [0.1, 0.15) is 30.6 Å². The molecule has 2 aromatic rings. The zero-order chi connectivity index (χ0) is 15.2. The largest absolute Gasteiger partial charge is 0.496 e. The van der Waals surface area contributed by atoms with Gasteiger partial charge in [-0.3, -0.25) is 0 Å². The Morgan fingerprint density at radius 1 is 1.43 bits per heavy atom. The van der Waals surface area contributed by atoms with E-state index in [9.17, 15) is 0 Å². The molecular formula is C16H22BrN3O. The molecule has 0 fully saturated rings. The van der Waals surface area contributed by atoms with E-state index in [1.165, 1.54) is 5.56 Å². The number of halogens is 1. The third-order valence-electron chi connectivity index (χ3n) is 3.39. The third kappa shape index (κ3) is 4.32. The molecule has 0 radical (unpaired) electrons. The average Bonchev–Trinajstić information content (AvgIpc) is 2.90. The van der Waals surface area contributed by atoms with Gasteiger partial charge in [0.05, 0.1) is 25.2 Å². The number of hydrogen-bond donors (Lipinski definition) is 1. The van der Waals surface area contributed by atoms with Crippen molar-refractivity contribution in [2.45, 2.75) is 25.8 Å². The van der Waals surface area contributed by atoms with E-state index in [-0.39, 0.29) is 6.04 Å². The van der Waals surface area contributed by atoms with Crippen LogP contribution in [0.2, 0.25) is 0 Å². The Kier molecular flexibility index (Phi) is 5.82. The quantitative estimate of drug-likeness (QED) is 0.829. The van der Waals surface area contributed by atoms with Crippen LogP contribution in [0, 0.1) is 0 Å². The normalized spacial score (nSPS) is 12.4. The van der Waals surface area contributed by atoms with Crippen LogP contribution >= 0.6 is 15.9 Å². The number of methoxy groups -OCH3 is 1. The molecule has 5 heteroatoms. The Bertz CT molecular complexity index is 583. The molecule has 0 saturated carbocycles. The summed E-state index contributed by atoms with van der Waals surface area (Å²) in [7, 11) is 3.70. The molecule has 0 aliphatic heterocycles. The summed E-state index contributed by atoms with van der Waals surface area (Å²) in [5.74, 6) is 0.914. The van der Waals surface area contributed by atoms with Gasteiger partial charge in [-0.05, 0) is 43.1 Å². The first-order valence-electron chi connectivity index (χ1n) is 7.17. The van der Waals surface area contributed by atoms with Crippen molar-refractivity contribution in [3.05, 3.63) is 46.5 Å². The predicted molar refractivity (Wildman–Crippen MR) is 88.6 cm³/mol. The summed E-state index contributed by atoms with van der Waals surface area (Å²) in [6.45, 7) is 3.14. The van der Waals surface area contributed by atoms with E-state index >= 15 is 0 Å². The lowest BCUT2D eigenvalue weighted by molar-refractivity contribution is 0.404. The Labute approximate surface area is 134 Å².